The molecule has 2 rings (SSSR count). The van der Waals surface area contributed by atoms with Crippen LogP contribution in [0.3, 0.4) is 0 Å². The molecule has 2 atom stereocenters. The Hall–Kier alpha value is -0.658. The van der Waals surface area contributed by atoms with E-state index in [4.69, 9.17) is 14.0 Å². The summed E-state index contributed by atoms with van der Waals surface area (Å²) in [5, 5.41) is 0. The minimum absolute atomic E-state index is 0. The van der Waals surface area contributed by atoms with Crippen LogP contribution >= 0.6 is 0 Å². The Morgan fingerprint density at radius 3 is 2.11 bits per heavy atom. The van der Waals surface area contributed by atoms with Crippen LogP contribution in [0.15, 0.2) is 30.2 Å². The zero-order chi connectivity index (χ0) is 13.2. The van der Waals surface area contributed by atoms with E-state index in [0.717, 1.165) is 11.3 Å². The van der Waals surface area contributed by atoms with E-state index in [1.807, 2.05) is 57.0 Å². The van der Waals surface area contributed by atoms with E-state index < -0.39 is 6.55 Å². The van der Waals surface area contributed by atoms with Crippen molar-refractivity contribution in [3.8, 4) is 5.75 Å². The van der Waals surface area contributed by atoms with Crippen molar-refractivity contribution in [3.05, 3.63) is 35.8 Å². The van der Waals surface area contributed by atoms with Crippen molar-refractivity contribution in [3.63, 3.8) is 0 Å². The minimum atomic E-state index is -1.30. The van der Waals surface area contributed by atoms with Gasteiger partial charge in [-0.25, -0.2) is 0 Å². The summed E-state index contributed by atoms with van der Waals surface area (Å²) in [5.74, 6) is 2.88. The van der Waals surface area contributed by atoms with Crippen molar-refractivity contribution in [2.75, 3.05) is 7.11 Å². The molecule has 0 N–H and O–H groups in total. The maximum atomic E-state index is 5.86. The largest absolute Gasteiger partial charge is 1.00 e. The Morgan fingerprint density at radius 1 is 1.11 bits per heavy atom. The predicted molar refractivity (Wildman–Crippen MR) is 74.7 cm³/mol. The number of rotatable bonds is 3. The van der Waals surface area contributed by atoms with Crippen LogP contribution in [-0.2, 0) is 9.31 Å². The van der Waals surface area contributed by atoms with Gasteiger partial charge in [0.2, 0.25) is 0 Å². The van der Waals surface area contributed by atoms with Crippen molar-refractivity contribution in [1.29, 1.82) is 0 Å². The van der Waals surface area contributed by atoms with Gasteiger partial charge in [-0.3, -0.25) is 0 Å². The Kier molecular flexibility index (Phi) is 5.76. The molecule has 1 aliphatic rings. The maximum absolute atomic E-state index is 5.86. The van der Waals surface area contributed by atoms with Crippen LogP contribution in [0.1, 0.15) is 19.4 Å². The molecule has 1 saturated heterocycles. The Labute approximate surface area is 127 Å². The molecule has 2 unspecified atom stereocenters. The summed E-state index contributed by atoms with van der Waals surface area (Å²) in [6.45, 7) is 4.78. The second kappa shape index (κ2) is 6.67. The van der Waals surface area contributed by atoms with Gasteiger partial charge in [0.05, 0.1) is 7.11 Å². The molecule has 0 radical (unpaired) electrons. The van der Waals surface area contributed by atoms with Gasteiger partial charge >= 0.3 is 18.9 Å². The van der Waals surface area contributed by atoms with E-state index in [2.05, 4.69) is 0 Å². The first-order valence-corrected chi connectivity index (χ1v) is 6.40. The Balaban J connectivity index is 0.00000180. The van der Waals surface area contributed by atoms with Crippen LogP contribution in [-0.4, -0.2) is 25.9 Å². The smallest absolute Gasteiger partial charge is 0.561 e. The molecule has 3 nitrogen and oxygen atoms in total. The molecule has 0 aromatic heterocycles. The average Bonchev–Trinajstić information content (AvgIpc) is 2.62. The summed E-state index contributed by atoms with van der Waals surface area (Å²) in [5.41, 5.74) is 1.11. The molecule has 1 heterocycles. The van der Waals surface area contributed by atoms with Crippen LogP contribution in [0, 0.1) is 0 Å². The van der Waals surface area contributed by atoms with Gasteiger partial charge in [-0.1, -0.05) is 18.2 Å². The average molecular weight is 254 g/mol. The number of methoxy groups -OCH3 is 1. The number of ether oxygens (including phenoxy) is 1. The molecule has 19 heavy (non-hydrogen) atoms. The summed E-state index contributed by atoms with van der Waals surface area (Å²) in [4.78, 5) is 0. The van der Waals surface area contributed by atoms with Crippen molar-refractivity contribution in [2.45, 2.75) is 32.9 Å². The van der Waals surface area contributed by atoms with E-state index in [1.54, 1.807) is 7.11 Å². The van der Waals surface area contributed by atoms with E-state index in [9.17, 15) is 0 Å². The second-order valence-corrected chi connectivity index (χ2v) is 4.99. The molecule has 0 amide bonds. The first-order valence-electron chi connectivity index (χ1n) is 6.40. The molecule has 0 bridgehead atoms. The van der Waals surface area contributed by atoms with E-state index in [1.165, 1.54) is 0 Å². The van der Waals surface area contributed by atoms with Gasteiger partial charge in [-0.2, -0.15) is 5.98 Å². The van der Waals surface area contributed by atoms with Gasteiger partial charge in [0.25, 0.3) is 6.55 Å². The quantitative estimate of drug-likeness (QED) is 0.718. The molecule has 5 heteroatoms. The van der Waals surface area contributed by atoms with Gasteiger partial charge in [0, 0.05) is 12.2 Å². The molecule has 98 valence electrons. The van der Waals surface area contributed by atoms with Crippen LogP contribution in [0.2, 0.25) is 6.82 Å². The van der Waals surface area contributed by atoms with Gasteiger partial charge < -0.3 is 14.0 Å². The number of hydrogen-bond donors (Lipinski definition) is 0. The minimum Gasteiger partial charge on any atom is -0.561 e. The van der Waals surface area contributed by atoms with Gasteiger partial charge in [0.15, 0.2) is 0 Å². The molecule has 1 aliphatic heterocycles. The van der Waals surface area contributed by atoms with Crippen LogP contribution in [0.4, 0.5) is 0 Å². The zero-order valence-corrected chi connectivity index (χ0v) is 12.4. The van der Waals surface area contributed by atoms with E-state index in [0.29, 0.717) is 0 Å². The molecular weight excluding hydrogens is 234 g/mol. The fourth-order valence-electron chi connectivity index (χ4n) is 2.20. The van der Waals surface area contributed by atoms with Crippen LogP contribution in [0.5, 0.6) is 5.75 Å². The first-order chi connectivity index (χ1) is 8.52. The van der Waals surface area contributed by atoms with Crippen molar-refractivity contribution in [2.24, 2.45) is 0 Å². The fraction of sp³-hybridized carbons (Fsp3) is 0.429. The molecule has 0 saturated carbocycles. The van der Waals surface area contributed by atoms with Crippen molar-refractivity contribution < 1.29 is 32.9 Å². The van der Waals surface area contributed by atoms with Crippen LogP contribution < -0.4 is 23.6 Å². The summed E-state index contributed by atoms with van der Waals surface area (Å²) in [6.07, 6.45) is 2.33. The van der Waals surface area contributed by atoms with E-state index in [-0.39, 0.29) is 31.1 Å². The fourth-order valence-corrected chi connectivity index (χ4v) is 2.20. The zero-order valence-electron chi connectivity index (χ0n) is 12.4. The van der Waals surface area contributed by atoms with Gasteiger partial charge in [0.1, 0.15) is 5.75 Å². The first kappa shape index (κ1) is 16.4. The van der Waals surface area contributed by atoms with Gasteiger partial charge in [-0.15, -0.1) is 6.82 Å². The third-order valence-electron chi connectivity index (χ3n) is 3.38. The monoisotopic (exact) mass is 254 g/mol. The standard InChI is InChI=1S/C14H20BO3.Li/c1-11-12(2)18-15(3,17-11)10-9-13-5-7-14(16-4)8-6-13;/h5-12H,1-4H3;/q-1;+1/b10-9+;. The molecule has 1 aromatic carbocycles. The summed E-state index contributed by atoms with van der Waals surface area (Å²) in [6, 6.07) is 7.90. The van der Waals surface area contributed by atoms with Crippen molar-refractivity contribution in [1.82, 2.24) is 0 Å². The second-order valence-electron chi connectivity index (χ2n) is 4.99. The molecule has 0 spiro atoms. The van der Waals surface area contributed by atoms with E-state index >= 15 is 0 Å². The SMILES string of the molecule is COc1ccc(/C=C/[B-]2(C)OC(C)C(C)O2)cc1.[Li+]. The van der Waals surface area contributed by atoms with Crippen molar-refractivity contribution >= 4 is 12.6 Å². The Bertz CT molecular complexity index is 423. The molecular formula is C14H20BLiO3. The number of benzene rings is 1. The number of hydrogen-bond acceptors (Lipinski definition) is 3. The topological polar surface area (TPSA) is 27.7 Å². The van der Waals surface area contributed by atoms with Crippen LogP contribution in [0.25, 0.3) is 6.08 Å². The third kappa shape index (κ3) is 4.16. The van der Waals surface area contributed by atoms with Gasteiger partial charge in [-0.05, 0) is 31.5 Å². The molecule has 0 aliphatic carbocycles. The normalized spacial score (nSPS) is 30.3. The maximum Gasteiger partial charge on any atom is 1.00 e. The Morgan fingerprint density at radius 2 is 1.63 bits per heavy atom. The molecule has 1 aromatic rings. The summed E-state index contributed by atoms with van der Waals surface area (Å²) < 4.78 is 16.8. The third-order valence-corrected chi connectivity index (χ3v) is 3.38. The predicted octanol–water partition coefficient (Wildman–Crippen LogP) is 0.147. The summed E-state index contributed by atoms with van der Waals surface area (Å²) >= 11 is 0. The summed E-state index contributed by atoms with van der Waals surface area (Å²) in [7, 11) is 1.66. The molecule has 1 fully saturated rings.